The molecule has 0 spiro atoms. The summed E-state index contributed by atoms with van der Waals surface area (Å²) in [7, 11) is 1.57. The van der Waals surface area contributed by atoms with E-state index in [-0.39, 0.29) is 11.7 Å². The van der Waals surface area contributed by atoms with Gasteiger partial charge in [0.2, 0.25) is 11.1 Å². The smallest absolute Gasteiger partial charge is 0.234 e. The van der Waals surface area contributed by atoms with Gasteiger partial charge in [0, 0.05) is 0 Å². The van der Waals surface area contributed by atoms with Crippen LogP contribution in [-0.4, -0.2) is 39.0 Å². The van der Waals surface area contributed by atoms with E-state index in [1.54, 1.807) is 23.9 Å². The molecule has 0 aliphatic rings. The molecule has 0 saturated carbocycles. The van der Waals surface area contributed by atoms with Crippen molar-refractivity contribution in [1.82, 2.24) is 20.2 Å². The number of carbonyl (C=O) groups excluding carboxylic acids is 1. The van der Waals surface area contributed by atoms with Gasteiger partial charge in [-0.3, -0.25) is 4.79 Å². The molecule has 0 unspecified atom stereocenters. The van der Waals surface area contributed by atoms with E-state index in [4.69, 9.17) is 4.74 Å². The molecule has 3 aromatic rings. The number of para-hydroxylation sites is 2. The molecule has 0 aliphatic heterocycles. The van der Waals surface area contributed by atoms with Crippen LogP contribution in [0.4, 0.5) is 5.69 Å². The van der Waals surface area contributed by atoms with Crippen LogP contribution in [-0.2, 0) is 4.79 Å². The Bertz CT molecular complexity index is 905. The van der Waals surface area contributed by atoms with Crippen LogP contribution in [0.5, 0.6) is 5.75 Å². The number of nitrogens with one attached hydrogen (secondary N) is 1. The van der Waals surface area contributed by atoms with Gasteiger partial charge in [-0.1, -0.05) is 30.0 Å². The quantitative estimate of drug-likeness (QED) is 0.673. The lowest BCUT2D eigenvalue weighted by molar-refractivity contribution is -0.113. The molecule has 0 fully saturated rings. The van der Waals surface area contributed by atoms with Crippen molar-refractivity contribution in [1.29, 1.82) is 0 Å². The normalized spacial score (nSPS) is 10.6. The molecule has 134 valence electrons. The van der Waals surface area contributed by atoms with Crippen LogP contribution in [0.3, 0.4) is 0 Å². The monoisotopic (exact) mass is 369 g/mol. The summed E-state index contributed by atoms with van der Waals surface area (Å²) in [6.45, 7) is 4.04. The molecular formula is C18H19N5O2S. The predicted octanol–water partition coefficient (Wildman–Crippen LogP) is 3.02. The summed E-state index contributed by atoms with van der Waals surface area (Å²) in [6, 6.07) is 13.4. The highest BCUT2D eigenvalue weighted by Gasteiger charge is 2.13. The molecule has 1 aromatic heterocycles. The fourth-order valence-corrected chi connectivity index (χ4v) is 3.26. The summed E-state index contributed by atoms with van der Waals surface area (Å²) >= 11 is 1.28. The van der Waals surface area contributed by atoms with Gasteiger partial charge in [-0.05, 0) is 59.7 Å². The third-order valence-corrected chi connectivity index (χ3v) is 4.52. The average Bonchev–Trinajstić information content (AvgIpc) is 3.08. The van der Waals surface area contributed by atoms with Crippen LogP contribution in [0, 0.1) is 13.8 Å². The van der Waals surface area contributed by atoms with Gasteiger partial charge >= 0.3 is 0 Å². The second kappa shape index (κ2) is 8.01. The average molecular weight is 369 g/mol. The highest BCUT2D eigenvalue weighted by molar-refractivity contribution is 7.99. The maximum atomic E-state index is 12.3. The van der Waals surface area contributed by atoms with E-state index in [0.29, 0.717) is 16.6 Å². The Morgan fingerprint density at radius 2 is 1.92 bits per heavy atom. The first-order chi connectivity index (χ1) is 12.6. The lowest BCUT2D eigenvalue weighted by Crippen LogP contribution is -2.15. The number of rotatable bonds is 6. The van der Waals surface area contributed by atoms with Crippen LogP contribution in [0.1, 0.15) is 11.1 Å². The van der Waals surface area contributed by atoms with E-state index in [1.165, 1.54) is 11.8 Å². The van der Waals surface area contributed by atoms with Crippen LogP contribution in [0.25, 0.3) is 5.69 Å². The molecular weight excluding hydrogens is 350 g/mol. The van der Waals surface area contributed by atoms with Crippen LogP contribution in [0.2, 0.25) is 0 Å². The Labute approximate surface area is 155 Å². The van der Waals surface area contributed by atoms with Gasteiger partial charge in [0.05, 0.1) is 24.2 Å². The fourth-order valence-electron chi connectivity index (χ4n) is 2.57. The number of aryl methyl sites for hydroxylation is 2. The third kappa shape index (κ3) is 4.20. The number of aromatic nitrogens is 4. The zero-order valence-electron chi connectivity index (χ0n) is 14.8. The summed E-state index contributed by atoms with van der Waals surface area (Å²) in [5.41, 5.74) is 3.76. The summed E-state index contributed by atoms with van der Waals surface area (Å²) in [6.07, 6.45) is 0. The minimum atomic E-state index is -0.158. The second-order valence-corrected chi connectivity index (χ2v) is 6.70. The number of carbonyl (C=O) groups is 1. The van der Waals surface area contributed by atoms with Crippen molar-refractivity contribution in [2.24, 2.45) is 0 Å². The van der Waals surface area contributed by atoms with Gasteiger partial charge in [0.15, 0.2) is 0 Å². The molecule has 2 aromatic carbocycles. The van der Waals surface area contributed by atoms with Crippen molar-refractivity contribution in [3.8, 4) is 11.4 Å². The zero-order chi connectivity index (χ0) is 18.5. The third-order valence-electron chi connectivity index (χ3n) is 3.61. The van der Waals surface area contributed by atoms with Gasteiger partial charge in [0.25, 0.3) is 0 Å². The Morgan fingerprint density at radius 3 is 2.65 bits per heavy atom. The molecule has 7 nitrogen and oxygen atoms in total. The van der Waals surface area contributed by atoms with E-state index in [1.807, 2.05) is 38.1 Å². The van der Waals surface area contributed by atoms with Crippen molar-refractivity contribution in [3.63, 3.8) is 0 Å². The molecule has 0 aliphatic carbocycles. The molecule has 0 bridgehead atoms. The maximum absolute atomic E-state index is 12.3. The molecule has 1 heterocycles. The highest BCUT2D eigenvalue weighted by atomic mass is 32.2. The van der Waals surface area contributed by atoms with E-state index >= 15 is 0 Å². The van der Waals surface area contributed by atoms with Gasteiger partial charge < -0.3 is 10.1 Å². The molecule has 0 radical (unpaired) electrons. The summed E-state index contributed by atoms with van der Waals surface area (Å²) in [5, 5.41) is 15.2. The van der Waals surface area contributed by atoms with Crippen molar-refractivity contribution in [2.75, 3.05) is 18.2 Å². The molecule has 8 heteroatoms. The number of hydrogen-bond acceptors (Lipinski definition) is 6. The Kier molecular flexibility index (Phi) is 5.52. The Hall–Kier alpha value is -2.87. The van der Waals surface area contributed by atoms with Gasteiger partial charge in [-0.15, -0.1) is 5.10 Å². The summed E-state index contributed by atoms with van der Waals surface area (Å²) in [5.74, 6) is 0.642. The number of methoxy groups -OCH3 is 1. The van der Waals surface area contributed by atoms with E-state index in [0.717, 1.165) is 16.8 Å². The number of amides is 1. The standard InChI is InChI=1S/C18H19N5O2S/c1-12-8-13(2)10-14(9-12)23-18(20-21-22-23)26-11-17(24)19-15-6-4-5-7-16(15)25-3/h4-10H,11H2,1-3H3,(H,19,24). The molecule has 26 heavy (non-hydrogen) atoms. The van der Waals surface area contributed by atoms with E-state index in [9.17, 15) is 4.79 Å². The molecule has 0 saturated heterocycles. The Morgan fingerprint density at radius 1 is 1.19 bits per heavy atom. The van der Waals surface area contributed by atoms with Gasteiger partial charge in [-0.25, -0.2) is 0 Å². The van der Waals surface area contributed by atoms with Crippen molar-refractivity contribution < 1.29 is 9.53 Å². The lowest BCUT2D eigenvalue weighted by Gasteiger charge is -2.10. The first-order valence-corrected chi connectivity index (χ1v) is 8.98. The van der Waals surface area contributed by atoms with Crippen molar-refractivity contribution in [3.05, 3.63) is 53.6 Å². The number of anilines is 1. The van der Waals surface area contributed by atoms with Crippen molar-refractivity contribution >= 4 is 23.4 Å². The maximum Gasteiger partial charge on any atom is 0.234 e. The Balaban J connectivity index is 1.69. The SMILES string of the molecule is COc1ccccc1NC(=O)CSc1nnnn1-c1cc(C)cc(C)c1. The minimum Gasteiger partial charge on any atom is -0.495 e. The number of benzene rings is 2. The lowest BCUT2D eigenvalue weighted by atomic mass is 10.1. The van der Waals surface area contributed by atoms with Crippen LogP contribution >= 0.6 is 11.8 Å². The molecule has 3 rings (SSSR count). The summed E-state index contributed by atoms with van der Waals surface area (Å²) < 4.78 is 6.88. The van der Waals surface area contributed by atoms with E-state index < -0.39 is 0 Å². The molecule has 1 amide bonds. The number of tetrazole rings is 1. The highest BCUT2D eigenvalue weighted by Crippen LogP contribution is 2.24. The summed E-state index contributed by atoms with van der Waals surface area (Å²) in [4.78, 5) is 12.3. The topological polar surface area (TPSA) is 81.9 Å². The zero-order valence-corrected chi connectivity index (χ0v) is 15.6. The predicted molar refractivity (Wildman–Crippen MR) is 101 cm³/mol. The minimum absolute atomic E-state index is 0.158. The second-order valence-electron chi connectivity index (χ2n) is 5.76. The first kappa shape index (κ1) is 17.9. The van der Waals surface area contributed by atoms with Gasteiger partial charge in [-0.2, -0.15) is 4.68 Å². The van der Waals surface area contributed by atoms with Crippen LogP contribution < -0.4 is 10.1 Å². The van der Waals surface area contributed by atoms with Crippen molar-refractivity contribution in [2.45, 2.75) is 19.0 Å². The van der Waals surface area contributed by atoms with Crippen LogP contribution in [0.15, 0.2) is 47.6 Å². The number of ether oxygens (including phenoxy) is 1. The molecule has 1 N–H and O–H groups in total. The fraction of sp³-hybridized carbons (Fsp3) is 0.222. The largest absolute Gasteiger partial charge is 0.495 e. The molecule has 0 atom stereocenters. The number of thioether (sulfide) groups is 1. The number of hydrogen-bond donors (Lipinski definition) is 1. The first-order valence-electron chi connectivity index (χ1n) is 7.99. The van der Waals surface area contributed by atoms with Gasteiger partial charge in [0.1, 0.15) is 5.75 Å². The number of nitrogens with zero attached hydrogens (tertiary/aromatic N) is 4. The van der Waals surface area contributed by atoms with E-state index in [2.05, 4.69) is 26.9 Å².